The second-order valence-electron chi connectivity index (χ2n) is 12.5. The molecule has 5 N–H and O–H groups in total. The number of carboxylic acid groups (broad SMARTS) is 1. The van der Waals surface area contributed by atoms with E-state index in [4.69, 9.17) is 28.4 Å². The summed E-state index contributed by atoms with van der Waals surface area (Å²) >= 11 is 0. The van der Waals surface area contributed by atoms with Crippen molar-refractivity contribution in [2.45, 2.75) is 117 Å². The topological polar surface area (TPSA) is 260 Å². The minimum atomic E-state index is -1.68. The normalized spacial score (nSPS) is 21.7. The molecule has 1 aliphatic rings. The summed E-state index contributed by atoms with van der Waals surface area (Å²) in [6.07, 6.45) is -8.27. The summed E-state index contributed by atoms with van der Waals surface area (Å²) in [7, 11) is 0. The molecule has 0 saturated carbocycles. The second kappa shape index (κ2) is 20.7. The van der Waals surface area contributed by atoms with Crippen LogP contribution in [0, 0.1) is 5.92 Å². The van der Waals surface area contributed by atoms with E-state index in [0.29, 0.717) is 5.56 Å². The molecule has 1 aliphatic heterocycles. The maximum Gasteiger partial charge on any atom is 0.408 e. The maximum absolute atomic E-state index is 13.7. The van der Waals surface area contributed by atoms with Gasteiger partial charge in [-0.2, -0.15) is 0 Å². The van der Waals surface area contributed by atoms with Gasteiger partial charge >= 0.3 is 30.0 Å². The number of aliphatic carboxylic acids is 1. The van der Waals surface area contributed by atoms with Gasteiger partial charge in [0.1, 0.15) is 43.5 Å². The highest BCUT2D eigenvalue weighted by molar-refractivity contribution is 5.93. The fraction of sp³-hybridized carbons (Fsp3) is 0.588. The lowest BCUT2D eigenvalue weighted by molar-refractivity contribution is -0.287. The number of hydrogen-bond acceptors (Lipinski definition) is 14. The first-order chi connectivity index (χ1) is 24.8. The molecule has 0 spiro atoms. The summed E-state index contributed by atoms with van der Waals surface area (Å²) in [6, 6.07) is 2.95. The molecule has 2 rings (SSSR count). The molecule has 1 saturated heterocycles. The van der Waals surface area contributed by atoms with Gasteiger partial charge in [-0.15, -0.1) is 0 Å². The summed E-state index contributed by atoms with van der Waals surface area (Å²) < 4.78 is 33.2. The lowest BCUT2D eigenvalue weighted by Gasteiger charge is -2.46. The van der Waals surface area contributed by atoms with Gasteiger partial charge in [0.15, 0.2) is 18.5 Å². The van der Waals surface area contributed by atoms with Crippen molar-refractivity contribution in [3.8, 4) is 0 Å². The summed E-state index contributed by atoms with van der Waals surface area (Å²) in [5.74, 6) is -6.97. The van der Waals surface area contributed by atoms with E-state index < -0.39 is 115 Å². The number of ether oxygens (including phenoxy) is 6. The number of hydrogen-bond donors (Lipinski definition) is 5. The monoisotopic (exact) mass is 752 g/mol. The molecule has 0 aromatic heterocycles. The highest BCUT2D eigenvalue weighted by Crippen LogP contribution is 2.29. The number of carboxylic acids is 1. The quantitative estimate of drug-likeness (QED) is 0.104. The molecule has 1 heterocycles. The van der Waals surface area contributed by atoms with Gasteiger partial charge in [0.25, 0.3) is 0 Å². The highest BCUT2D eigenvalue weighted by atomic mass is 16.7. The fourth-order valence-corrected chi connectivity index (χ4v) is 5.14. The molecule has 19 nitrogen and oxygen atoms in total. The van der Waals surface area contributed by atoms with Crippen molar-refractivity contribution in [1.29, 1.82) is 0 Å². The van der Waals surface area contributed by atoms with Crippen molar-refractivity contribution in [2.24, 2.45) is 5.92 Å². The Morgan fingerprint density at radius 2 is 1.34 bits per heavy atom. The predicted molar refractivity (Wildman–Crippen MR) is 180 cm³/mol. The van der Waals surface area contributed by atoms with Crippen LogP contribution in [0.3, 0.4) is 0 Å². The van der Waals surface area contributed by atoms with Crippen LogP contribution < -0.4 is 21.3 Å². The van der Waals surface area contributed by atoms with Crippen LogP contribution >= 0.6 is 0 Å². The summed E-state index contributed by atoms with van der Waals surface area (Å²) in [5, 5.41) is 19.4. The Hall–Kier alpha value is -5.30. The van der Waals surface area contributed by atoms with Gasteiger partial charge in [-0.3, -0.25) is 28.8 Å². The number of esters is 3. The Bertz CT molecular complexity index is 1470. The highest BCUT2D eigenvalue weighted by Gasteiger charge is 2.52. The van der Waals surface area contributed by atoms with Gasteiger partial charge in [0, 0.05) is 27.7 Å². The van der Waals surface area contributed by atoms with E-state index in [2.05, 4.69) is 21.3 Å². The molecular weight excluding hydrogens is 704 g/mol. The van der Waals surface area contributed by atoms with Crippen LogP contribution in [0.2, 0.25) is 0 Å². The minimum Gasteiger partial charge on any atom is -0.480 e. The first-order valence-corrected chi connectivity index (χ1v) is 16.7. The van der Waals surface area contributed by atoms with Crippen molar-refractivity contribution in [3.63, 3.8) is 0 Å². The van der Waals surface area contributed by atoms with Gasteiger partial charge in [-0.25, -0.2) is 9.59 Å². The van der Waals surface area contributed by atoms with Crippen LogP contribution in [0.25, 0.3) is 0 Å². The standard InChI is InChI=1S/C34H48N4O15/c1-16(2)25(32(45)46)37-31(44)26(38-30(43)17(3)35-34(47)49-14-23-12-10-9-11-13-23)18(4)50-33-27(36-19(5)39)29(52-22(8)42)28(51-21(7)41)24(53-33)15-48-20(6)40/h9-13,16-18,24-29,33H,14-15H2,1-8H3,(H,35,47)(H,36,39)(H,37,44)(H,38,43)(H,45,46)/t17-,18+,24+,25-,26-,27+,28-,29+,33-/m0/s1. The van der Waals surface area contributed by atoms with E-state index in [-0.39, 0.29) is 6.61 Å². The van der Waals surface area contributed by atoms with Crippen LogP contribution in [0.4, 0.5) is 4.79 Å². The Morgan fingerprint density at radius 3 is 1.87 bits per heavy atom. The minimum absolute atomic E-state index is 0.0926. The molecule has 4 amide bonds. The summed E-state index contributed by atoms with van der Waals surface area (Å²) in [5.41, 5.74) is 0.688. The van der Waals surface area contributed by atoms with E-state index >= 15 is 0 Å². The average Bonchev–Trinajstić information content (AvgIpc) is 3.06. The van der Waals surface area contributed by atoms with Crippen molar-refractivity contribution in [1.82, 2.24) is 21.3 Å². The number of benzene rings is 1. The Morgan fingerprint density at radius 1 is 0.755 bits per heavy atom. The molecule has 1 aromatic carbocycles. The van der Waals surface area contributed by atoms with E-state index in [0.717, 1.165) is 27.7 Å². The molecule has 1 fully saturated rings. The lowest BCUT2D eigenvalue weighted by atomic mass is 9.95. The van der Waals surface area contributed by atoms with Crippen molar-refractivity contribution in [3.05, 3.63) is 35.9 Å². The van der Waals surface area contributed by atoms with Gasteiger partial charge in [0.05, 0.1) is 6.10 Å². The zero-order chi connectivity index (χ0) is 40.0. The van der Waals surface area contributed by atoms with Crippen molar-refractivity contribution < 1.29 is 71.9 Å². The Labute approximate surface area is 306 Å². The Balaban J connectivity index is 2.45. The van der Waals surface area contributed by atoms with Crippen LogP contribution in [0.5, 0.6) is 0 Å². The largest absolute Gasteiger partial charge is 0.480 e. The van der Waals surface area contributed by atoms with Crippen LogP contribution in [0.15, 0.2) is 30.3 Å². The summed E-state index contributed by atoms with van der Waals surface area (Å²) in [6.45, 7) is 9.45. The zero-order valence-corrected chi connectivity index (χ0v) is 30.7. The number of rotatable bonds is 17. The number of nitrogens with one attached hydrogen (secondary N) is 4. The van der Waals surface area contributed by atoms with Crippen LogP contribution in [-0.2, 0) is 68.6 Å². The molecule has 19 heteroatoms. The van der Waals surface area contributed by atoms with Gasteiger partial charge in [-0.05, 0) is 25.3 Å². The third-order valence-electron chi connectivity index (χ3n) is 7.64. The molecule has 0 unspecified atom stereocenters. The van der Waals surface area contributed by atoms with Gasteiger partial charge < -0.3 is 54.8 Å². The predicted octanol–water partition coefficient (Wildman–Crippen LogP) is 0.0727. The van der Waals surface area contributed by atoms with E-state index in [1.165, 1.54) is 13.8 Å². The summed E-state index contributed by atoms with van der Waals surface area (Å²) in [4.78, 5) is 99.9. The van der Waals surface area contributed by atoms with E-state index in [1.807, 2.05) is 0 Å². The number of carbonyl (C=O) groups is 8. The molecule has 1 aromatic rings. The van der Waals surface area contributed by atoms with Crippen molar-refractivity contribution in [2.75, 3.05) is 6.61 Å². The smallest absolute Gasteiger partial charge is 0.408 e. The molecule has 53 heavy (non-hydrogen) atoms. The van der Waals surface area contributed by atoms with Gasteiger partial charge in [-0.1, -0.05) is 44.2 Å². The lowest BCUT2D eigenvalue weighted by Crippen LogP contribution is -2.68. The first-order valence-electron chi connectivity index (χ1n) is 16.7. The van der Waals surface area contributed by atoms with E-state index in [1.54, 1.807) is 44.2 Å². The maximum atomic E-state index is 13.7. The average molecular weight is 753 g/mol. The molecule has 0 bridgehead atoms. The van der Waals surface area contributed by atoms with Crippen LogP contribution in [-0.4, -0.2) is 114 Å². The molecule has 0 radical (unpaired) electrons. The van der Waals surface area contributed by atoms with Crippen molar-refractivity contribution >= 4 is 47.7 Å². The fourth-order valence-electron chi connectivity index (χ4n) is 5.14. The third kappa shape index (κ3) is 14.3. The SMILES string of the molecule is CC(=O)N[C@H]1[C@@H](O[C@H](C)[C@H](NC(=O)[C@H](C)NC(=O)OCc2ccccc2)C(=O)N[C@H](C(=O)O)C(C)C)O[C@H](COC(C)=O)[C@H](OC(C)=O)[C@@H]1OC(C)=O. The molecule has 0 aliphatic carbocycles. The van der Waals surface area contributed by atoms with E-state index in [9.17, 15) is 43.5 Å². The first kappa shape index (κ1) is 43.9. The number of alkyl carbamates (subject to hydrolysis) is 1. The molecule has 9 atom stereocenters. The zero-order valence-electron chi connectivity index (χ0n) is 30.7. The number of amides is 4. The second-order valence-corrected chi connectivity index (χ2v) is 12.5. The van der Waals surface area contributed by atoms with Crippen LogP contribution in [0.1, 0.15) is 61.0 Å². The Kier molecular flexibility index (Phi) is 17.1. The molecule has 294 valence electrons. The molecular formula is C34H48N4O15. The third-order valence-corrected chi connectivity index (χ3v) is 7.64. The number of carbonyl (C=O) groups excluding carboxylic acids is 7. The van der Waals surface area contributed by atoms with Gasteiger partial charge in [0.2, 0.25) is 17.7 Å².